The van der Waals surface area contributed by atoms with Gasteiger partial charge in [0.25, 0.3) is 5.56 Å². The summed E-state index contributed by atoms with van der Waals surface area (Å²) in [5.41, 5.74) is 4.50. The SMILES string of the molecule is CCC(=O)O.O=c1[nH]c2ccc(-c3cccc4cccnc34)cc2c2cc[nH]c12. The van der Waals surface area contributed by atoms with Crippen molar-refractivity contribution in [2.75, 3.05) is 0 Å². The minimum absolute atomic E-state index is 0.0953. The van der Waals surface area contributed by atoms with Crippen molar-refractivity contribution in [1.29, 1.82) is 0 Å². The van der Waals surface area contributed by atoms with Gasteiger partial charge in [-0.05, 0) is 29.8 Å². The lowest BCUT2D eigenvalue weighted by Gasteiger charge is -2.08. The van der Waals surface area contributed by atoms with Crippen LogP contribution >= 0.6 is 0 Å². The first-order valence-electron chi connectivity index (χ1n) is 9.27. The van der Waals surface area contributed by atoms with Crippen molar-refractivity contribution < 1.29 is 9.90 Å². The second-order valence-electron chi connectivity index (χ2n) is 6.61. The number of benzene rings is 2. The highest BCUT2D eigenvalue weighted by Crippen LogP contribution is 2.30. The molecule has 0 bridgehead atoms. The first-order valence-corrected chi connectivity index (χ1v) is 9.27. The van der Waals surface area contributed by atoms with Gasteiger partial charge in [0.1, 0.15) is 5.52 Å². The predicted octanol–water partition coefficient (Wildman–Crippen LogP) is 4.71. The van der Waals surface area contributed by atoms with Crippen LogP contribution < -0.4 is 5.56 Å². The molecule has 5 rings (SSSR count). The molecule has 0 radical (unpaired) electrons. The van der Waals surface area contributed by atoms with Gasteiger partial charge in [0.05, 0.1) is 5.52 Å². The van der Waals surface area contributed by atoms with Crippen LogP contribution in [0.25, 0.3) is 43.8 Å². The molecule has 0 saturated carbocycles. The smallest absolute Gasteiger partial charge is 0.303 e. The van der Waals surface area contributed by atoms with Gasteiger partial charge in [-0.2, -0.15) is 0 Å². The van der Waals surface area contributed by atoms with E-state index in [4.69, 9.17) is 5.11 Å². The number of nitrogens with zero attached hydrogens (tertiary/aromatic N) is 1. The Morgan fingerprint density at radius 2 is 1.86 bits per heavy atom. The number of hydrogen-bond acceptors (Lipinski definition) is 3. The summed E-state index contributed by atoms with van der Waals surface area (Å²) in [5.74, 6) is -0.745. The van der Waals surface area contributed by atoms with Crippen molar-refractivity contribution in [3.05, 3.63) is 77.3 Å². The second kappa shape index (κ2) is 7.59. The molecule has 6 nitrogen and oxygen atoms in total. The van der Waals surface area contributed by atoms with Crippen molar-refractivity contribution >= 4 is 38.7 Å². The molecule has 3 heterocycles. The topological polar surface area (TPSA) is 98.8 Å². The monoisotopic (exact) mass is 385 g/mol. The third-order valence-corrected chi connectivity index (χ3v) is 4.78. The zero-order valence-corrected chi connectivity index (χ0v) is 15.8. The highest BCUT2D eigenvalue weighted by atomic mass is 16.4. The van der Waals surface area contributed by atoms with E-state index in [0.717, 1.165) is 38.3 Å². The summed E-state index contributed by atoms with van der Waals surface area (Å²) in [7, 11) is 0. The molecule has 3 N–H and O–H groups in total. The predicted molar refractivity (Wildman–Crippen MR) is 115 cm³/mol. The van der Waals surface area contributed by atoms with Gasteiger partial charge >= 0.3 is 5.97 Å². The lowest BCUT2D eigenvalue weighted by atomic mass is 9.99. The van der Waals surface area contributed by atoms with Gasteiger partial charge in [0.2, 0.25) is 0 Å². The van der Waals surface area contributed by atoms with E-state index >= 15 is 0 Å². The van der Waals surface area contributed by atoms with E-state index in [1.54, 1.807) is 13.1 Å². The number of carboxylic acid groups (broad SMARTS) is 1. The fraction of sp³-hybridized carbons (Fsp3) is 0.0870. The molecular formula is C23H19N3O3. The molecule has 0 unspecified atom stereocenters. The van der Waals surface area contributed by atoms with Crippen LogP contribution in [0, 0.1) is 0 Å². The summed E-state index contributed by atoms with van der Waals surface area (Å²) in [6.45, 7) is 1.60. The number of hydrogen-bond donors (Lipinski definition) is 3. The maximum absolute atomic E-state index is 12.1. The lowest BCUT2D eigenvalue weighted by Crippen LogP contribution is -2.05. The molecular weight excluding hydrogens is 366 g/mol. The summed E-state index contributed by atoms with van der Waals surface area (Å²) in [5, 5.41) is 10.8. The van der Waals surface area contributed by atoms with Crippen LogP contribution in [-0.4, -0.2) is 26.0 Å². The van der Waals surface area contributed by atoms with Crippen molar-refractivity contribution in [3.63, 3.8) is 0 Å². The number of aromatic amines is 2. The van der Waals surface area contributed by atoms with E-state index in [-0.39, 0.29) is 12.0 Å². The number of pyridine rings is 2. The van der Waals surface area contributed by atoms with Gasteiger partial charge in [-0.1, -0.05) is 37.3 Å². The van der Waals surface area contributed by atoms with Crippen LogP contribution in [0.3, 0.4) is 0 Å². The van der Waals surface area contributed by atoms with E-state index < -0.39 is 5.97 Å². The molecule has 0 atom stereocenters. The lowest BCUT2D eigenvalue weighted by molar-refractivity contribution is -0.136. The minimum atomic E-state index is -0.745. The average Bonchev–Trinajstić information content (AvgIpc) is 3.25. The molecule has 144 valence electrons. The number of para-hydroxylation sites is 1. The molecule has 2 aromatic carbocycles. The van der Waals surface area contributed by atoms with E-state index in [2.05, 4.69) is 39.2 Å². The van der Waals surface area contributed by atoms with Gasteiger partial charge < -0.3 is 15.1 Å². The third-order valence-electron chi connectivity index (χ3n) is 4.78. The Kier molecular flexibility index (Phi) is 4.83. The zero-order chi connectivity index (χ0) is 20.4. The Bertz CT molecular complexity index is 1390. The molecule has 0 aliphatic carbocycles. The Balaban J connectivity index is 0.000000369. The van der Waals surface area contributed by atoms with Gasteiger partial charge in [0.15, 0.2) is 0 Å². The van der Waals surface area contributed by atoms with Gasteiger partial charge in [-0.3, -0.25) is 14.6 Å². The maximum Gasteiger partial charge on any atom is 0.303 e. The second-order valence-corrected chi connectivity index (χ2v) is 6.61. The number of carboxylic acids is 1. The Labute approximate surface area is 165 Å². The third kappa shape index (κ3) is 3.48. The number of fused-ring (bicyclic) bond motifs is 4. The average molecular weight is 385 g/mol. The number of aliphatic carboxylic acids is 1. The molecule has 0 aliphatic rings. The van der Waals surface area contributed by atoms with Crippen LogP contribution in [0.4, 0.5) is 0 Å². The first-order chi connectivity index (χ1) is 14.1. The van der Waals surface area contributed by atoms with E-state index in [9.17, 15) is 9.59 Å². The van der Waals surface area contributed by atoms with E-state index in [1.165, 1.54) is 0 Å². The quantitative estimate of drug-likeness (QED) is 0.410. The van der Waals surface area contributed by atoms with Gasteiger partial charge in [-0.15, -0.1) is 0 Å². The molecule has 3 aromatic heterocycles. The number of nitrogens with one attached hydrogen (secondary N) is 2. The summed E-state index contributed by atoms with van der Waals surface area (Å²) >= 11 is 0. The standard InChI is InChI=1S/C20H13N3O.C3H6O2/c24-20-19-15(8-10-22-19)16-11-13(6-7-17(16)23-20)14-5-1-3-12-4-2-9-21-18(12)14;1-2-3(4)5/h1-11,22H,(H,23,24);2H2,1H3,(H,4,5). The largest absolute Gasteiger partial charge is 0.481 e. The highest BCUT2D eigenvalue weighted by Gasteiger charge is 2.09. The number of aromatic nitrogens is 3. The molecule has 5 aromatic rings. The molecule has 0 fully saturated rings. The van der Waals surface area contributed by atoms with Crippen molar-refractivity contribution in [3.8, 4) is 11.1 Å². The summed E-state index contributed by atoms with van der Waals surface area (Å²) in [6, 6.07) is 18.2. The number of H-pyrrole nitrogens is 2. The van der Waals surface area contributed by atoms with Crippen LogP contribution in [0.1, 0.15) is 13.3 Å². The Morgan fingerprint density at radius 1 is 1.07 bits per heavy atom. The van der Waals surface area contributed by atoms with Crippen molar-refractivity contribution in [2.24, 2.45) is 0 Å². The number of rotatable bonds is 2. The summed E-state index contributed by atoms with van der Waals surface area (Å²) < 4.78 is 0. The van der Waals surface area contributed by atoms with Crippen molar-refractivity contribution in [2.45, 2.75) is 13.3 Å². The van der Waals surface area contributed by atoms with Gasteiger partial charge in [-0.25, -0.2) is 0 Å². The van der Waals surface area contributed by atoms with Crippen LogP contribution in [0.2, 0.25) is 0 Å². The Hall–Kier alpha value is -3.93. The van der Waals surface area contributed by atoms with Crippen LogP contribution in [0.15, 0.2) is 71.8 Å². The molecule has 6 heteroatoms. The Morgan fingerprint density at radius 3 is 2.66 bits per heavy atom. The fourth-order valence-electron chi connectivity index (χ4n) is 3.35. The maximum atomic E-state index is 12.1. The summed E-state index contributed by atoms with van der Waals surface area (Å²) in [6.07, 6.45) is 3.83. The van der Waals surface area contributed by atoms with E-state index in [0.29, 0.717) is 5.52 Å². The molecule has 0 amide bonds. The highest BCUT2D eigenvalue weighted by molar-refractivity contribution is 6.06. The molecule has 0 aliphatic heterocycles. The van der Waals surface area contributed by atoms with Crippen molar-refractivity contribution in [1.82, 2.24) is 15.0 Å². The minimum Gasteiger partial charge on any atom is -0.481 e. The molecule has 29 heavy (non-hydrogen) atoms. The fourth-order valence-corrected chi connectivity index (χ4v) is 3.35. The molecule has 0 saturated heterocycles. The normalized spacial score (nSPS) is 10.8. The zero-order valence-electron chi connectivity index (χ0n) is 15.8. The van der Waals surface area contributed by atoms with Gasteiger partial charge in [0, 0.05) is 46.1 Å². The number of carbonyl (C=O) groups is 1. The van der Waals surface area contributed by atoms with Crippen LogP contribution in [-0.2, 0) is 4.79 Å². The van der Waals surface area contributed by atoms with E-state index in [1.807, 2.05) is 36.5 Å². The van der Waals surface area contributed by atoms with Crippen LogP contribution in [0.5, 0.6) is 0 Å². The molecule has 0 spiro atoms. The first kappa shape index (κ1) is 18.4. The summed E-state index contributed by atoms with van der Waals surface area (Å²) in [4.78, 5) is 31.9.